The average Bonchev–Trinajstić information content (AvgIpc) is 3.10. The van der Waals surface area contributed by atoms with Gasteiger partial charge in [0.15, 0.2) is 0 Å². The van der Waals surface area contributed by atoms with E-state index in [1.807, 2.05) is 12.1 Å². The summed E-state index contributed by atoms with van der Waals surface area (Å²) in [6.07, 6.45) is 3.53. The lowest BCUT2D eigenvalue weighted by Gasteiger charge is -2.06. The minimum Gasteiger partial charge on any atom is -0.481 e. The van der Waals surface area contributed by atoms with E-state index >= 15 is 0 Å². The van der Waals surface area contributed by atoms with Gasteiger partial charge in [0.25, 0.3) is 11.5 Å². The van der Waals surface area contributed by atoms with Crippen molar-refractivity contribution in [2.45, 2.75) is 25.7 Å². The van der Waals surface area contributed by atoms with Crippen molar-refractivity contribution in [3.63, 3.8) is 0 Å². The molecule has 0 aliphatic rings. The number of carboxylic acid groups (broad SMARTS) is 1. The highest BCUT2D eigenvalue weighted by molar-refractivity contribution is 5.94. The van der Waals surface area contributed by atoms with Gasteiger partial charge in [0.2, 0.25) is 5.95 Å². The Morgan fingerprint density at radius 2 is 1.97 bits per heavy atom. The fourth-order valence-corrected chi connectivity index (χ4v) is 3.08. The summed E-state index contributed by atoms with van der Waals surface area (Å²) in [5, 5.41) is 11.8. The van der Waals surface area contributed by atoms with Crippen molar-refractivity contribution in [1.82, 2.24) is 19.9 Å². The standard InChI is InChI=1S/C20H23N5O4/c1-25-19(29)16-14(11-23-17(16)24-20(25)21)9-6-12-4-7-13(8-5-12)18(28)22-10-2-3-15(26)27/h4-5,7-8,11,23H,2-3,6,9-10H2,1H3,(H2,21,24)(H,22,28)(H,26,27). The zero-order valence-corrected chi connectivity index (χ0v) is 16.1. The molecule has 5 N–H and O–H groups in total. The first-order chi connectivity index (χ1) is 13.9. The van der Waals surface area contributed by atoms with Crippen LogP contribution in [0.1, 0.15) is 34.3 Å². The molecule has 1 amide bonds. The van der Waals surface area contributed by atoms with Crippen molar-refractivity contribution in [2.75, 3.05) is 12.3 Å². The number of H-pyrrole nitrogens is 1. The van der Waals surface area contributed by atoms with E-state index in [4.69, 9.17) is 10.8 Å². The van der Waals surface area contributed by atoms with Crippen LogP contribution >= 0.6 is 0 Å². The molecule has 3 aromatic rings. The third-order valence-corrected chi connectivity index (χ3v) is 4.78. The highest BCUT2D eigenvalue weighted by Crippen LogP contribution is 2.16. The van der Waals surface area contributed by atoms with Gasteiger partial charge in [0.05, 0.1) is 5.39 Å². The Hall–Kier alpha value is -3.62. The molecule has 29 heavy (non-hydrogen) atoms. The maximum Gasteiger partial charge on any atom is 0.303 e. The second-order valence-corrected chi connectivity index (χ2v) is 6.82. The number of aryl methyl sites for hydroxylation is 2. The van der Waals surface area contributed by atoms with Gasteiger partial charge < -0.3 is 21.1 Å². The highest BCUT2D eigenvalue weighted by Gasteiger charge is 2.13. The Labute approximate surface area is 166 Å². The van der Waals surface area contributed by atoms with Crippen LogP contribution < -0.4 is 16.6 Å². The predicted molar refractivity (Wildman–Crippen MR) is 109 cm³/mol. The first-order valence-corrected chi connectivity index (χ1v) is 9.28. The Morgan fingerprint density at radius 1 is 1.24 bits per heavy atom. The van der Waals surface area contributed by atoms with Crippen LogP contribution in [-0.2, 0) is 24.7 Å². The number of carbonyl (C=O) groups excluding carboxylic acids is 1. The number of rotatable bonds is 8. The van der Waals surface area contributed by atoms with Crippen molar-refractivity contribution in [2.24, 2.45) is 7.05 Å². The lowest BCUT2D eigenvalue weighted by molar-refractivity contribution is -0.137. The van der Waals surface area contributed by atoms with E-state index in [2.05, 4.69) is 15.3 Å². The van der Waals surface area contributed by atoms with Crippen molar-refractivity contribution in [3.8, 4) is 0 Å². The quantitative estimate of drug-likeness (QED) is 0.421. The molecule has 0 aliphatic carbocycles. The number of benzene rings is 1. The van der Waals surface area contributed by atoms with Gasteiger partial charge in [-0.3, -0.25) is 19.0 Å². The highest BCUT2D eigenvalue weighted by atomic mass is 16.4. The maximum atomic E-state index is 12.5. The minimum atomic E-state index is -0.879. The zero-order chi connectivity index (χ0) is 21.0. The number of aliphatic carboxylic acids is 1. The van der Waals surface area contributed by atoms with Crippen LogP contribution in [0.3, 0.4) is 0 Å². The molecule has 0 fully saturated rings. The third kappa shape index (κ3) is 4.63. The molecule has 0 saturated heterocycles. The second kappa shape index (κ2) is 8.59. The minimum absolute atomic E-state index is 0.0261. The summed E-state index contributed by atoms with van der Waals surface area (Å²) in [5.41, 5.74) is 8.44. The molecule has 9 nitrogen and oxygen atoms in total. The van der Waals surface area contributed by atoms with E-state index in [1.54, 1.807) is 25.4 Å². The van der Waals surface area contributed by atoms with Crippen LogP contribution in [0.2, 0.25) is 0 Å². The van der Waals surface area contributed by atoms with E-state index in [0.29, 0.717) is 42.4 Å². The Bertz CT molecular complexity index is 1100. The van der Waals surface area contributed by atoms with E-state index < -0.39 is 5.97 Å². The van der Waals surface area contributed by atoms with Crippen molar-refractivity contribution >= 4 is 28.9 Å². The number of nitrogen functional groups attached to an aromatic ring is 1. The fourth-order valence-electron chi connectivity index (χ4n) is 3.08. The van der Waals surface area contributed by atoms with Crippen molar-refractivity contribution in [3.05, 3.63) is 57.5 Å². The third-order valence-electron chi connectivity index (χ3n) is 4.78. The van der Waals surface area contributed by atoms with Gasteiger partial charge in [-0.2, -0.15) is 4.98 Å². The molecule has 2 aromatic heterocycles. The molecular formula is C20H23N5O4. The Balaban J connectivity index is 1.62. The number of fused-ring (bicyclic) bond motifs is 1. The largest absolute Gasteiger partial charge is 0.481 e. The van der Waals surface area contributed by atoms with Gasteiger partial charge in [-0.15, -0.1) is 0 Å². The van der Waals surface area contributed by atoms with Gasteiger partial charge >= 0.3 is 5.97 Å². The van der Waals surface area contributed by atoms with E-state index in [0.717, 1.165) is 11.1 Å². The number of amides is 1. The molecule has 1 aromatic carbocycles. The van der Waals surface area contributed by atoms with Crippen molar-refractivity contribution < 1.29 is 14.7 Å². The molecule has 0 bridgehead atoms. The normalized spacial score (nSPS) is 10.9. The van der Waals surface area contributed by atoms with Crippen LogP contribution in [0.15, 0.2) is 35.3 Å². The number of nitrogens with zero attached hydrogens (tertiary/aromatic N) is 2. The van der Waals surface area contributed by atoms with Crippen LogP contribution in [0.4, 0.5) is 5.95 Å². The van der Waals surface area contributed by atoms with Crippen LogP contribution in [-0.4, -0.2) is 38.1 Å². The first-order valence-electron chi connectivity index (χ1n) is 9.28. The predicted octanol–water partition coefficient (Wildman–Crippen LogP) is 1.22. The lowest BCUT2D eigenvalue weighted by Crippen LogP contribution is -2.24. The molecule has 0 aliphatic heterocycles. The molecule has 0 unspecified atom stereocenters. The summed E-state index contributed by atoms with van der Waals surface area (Å²) >= 11 is 0. The number of carboxylic acids is 1. The number of nitrogens with two attached hydrogens (primary N) is 1. The number of carbonyl (C=O) groups is 2. The summed E-state index contributed by atoms with van der Waals surface area (Å²) in [4.78, 5) is 42.2. The van der Waals surface area contributed by atoms with E-state index in [-0.39, 0.29) is 23.8 Å². The van der Waals surface area contributed by atoms with Crippen LogP contribution in [0, 0.1) is 0 Å². The first kappa shape index (κ1) is 20.1. The molecule has 0 spiro atoms. The van der Waals surface area contributed by atoms with E-state index in [1.165, 1.54) is 4.57 Å². The number of anilines is 1. The van der Waals surface area contributed by atoms with E-state index in [9.17, 15) is 14.4 Å². The number of hydrogen-bond acceptors (Lipinski definition) is 5. The average molecular weight is 397 g/mol. The summed E-state index contributed by atoms with van der Waals surface area (Å²) in [6.45, 7) is 0.320. The smallest absolute Gasteiger partial charge is 0.303 e. The summed E-state index contributed by atoms with van der Waals surface area (Å²) < 4.78 is 1.32. The monoisotopic (exact) mass is 397 g/mol. The molecule has 0 atom stereocenters. The number of nitrogens with one attached hydrogen (secondary N) is 2. The molecule has 0 radical (unpaired) electrons. The van der Waals surface area contributed by atoms with Crippen molar-refractivity contribution in [1.29, 1.82) is 0 Å². The number of aromatic amines is 1. The van der Waals surface area contributed by atoms with Gasteiger partial charge in [-0.1, -0.05) is 12.1 Å². The summed E-state index contributed by atoms with van der Waals surface area (Å²) in [5.74, 6) is -0.950. The van der Waals surface area contributed by atoms with Crippen LogP contribution in [0.25, 0.3) is 11.0 Å². The molecule has 9 heteroatoms. The number of hydrogen-bond donors (Lipinski definition) is 4. The van der Waals surface area contributed by atoms with Gasteiger partial charge in [-0.05, 0) is 42.5 Å². The van der Waals surface area contributed by atoms with Gasteiger partial charge in [0.1, 0.15) is 5.65 Å². The van der Waals surface area contributed by atoms with Gasteiger partial charge in [0, 0.05) is 31.8 Å². The Morgan fingerprint density at radius 3 is 2.66 bits per heavy atom. The SMILES string of the molecule is Cn1c(N)nc2[nH]cc(CCc3ccc(C(=O)NCCCC(=O)O)cc3)c2c1=O. The van der Waals surface area contributed by atoms with Gasteiger partial charge in [-0.25, -0.2) is 0 Å². The molecule has 3 rings (SSSR count). The second-order valence-electron chi connectivity index (χ2n) is 6.82. The van der Waals surface area contributed by atoms with Crippen LogP contribution in [0.5, 0.6) is 0 Å². The molecule has 152 valence electrons. The fraction of sp³-hybridized carbons (Fsp3) is 0.300. The number of aromatic nitrogens is 3. The summed E-state index contributed by atoms with van der Waals surface area (Å²) in [7, 11) is 1.59. The summed E-state index contributed by atoms with van der Waals surface area (Å²) in [6, 6.07) is 7.21. The Kier molecular flexibility index (Phi) is 5.96. The molecule has 0 saturated carbocycles. The molecule has 2 heterocycles. The topological polar surface area (TPSA) is 143 Å². The zero-order valence-electron chi connectivity index (χ0n) is 16.1. The lowest BCUT2D eigenvalue weighted by atomic mass is 10.0. The maximum absolute atomic E-state index is 12.5. The molecular weight excluding hydrogens is 374 g/mol.